The van der Waals surface area contributed by atoms with Crippen LogP contribution in [0.15, 0.2) is 212 Å². The van der Waals surface area contributed by atoms with Crippen molar-refractivity contribution in [3.05, 3.63) is 224 Å². The van der Waals surface area contributed by atoms with Crippen LogP contribution >= 0.6 is 0 Å². The van der Waals surface area contributed by atoms with Crippen LogP contribution in [0.2, 0.25) is 0 Å². The van der Waals surface area contributed by atoms with Crippen molar-refractivity contribution in [1.82, 2.24) is 19.5 Å². The van der Waals surface area contributed by atoms with Gasteiger partial charge in [-0.3, -0.25) is 0 Å². The second-order valence-electron chi connectivity index (χ2n) is 15.1. The largest absolute Gasteiger partial charge is 0.309 e. The third-order valence-corrected chi connectivity index (χ3v) is 11.5. The molecule has 0 bridgehead atoms. The highest BCUT2D eigenvalue weighted by atomic mass is 15.0. The molecule has 5 heteroatoms. The molecule has 5 nitrogen and oxygen atoms in total. The number of benzene rings is 9. The third kappa shape index (κ3) is 6.50. The van der Waals surface area contributed by atoms with Crippen LogP contribution in [-0.2, 0) is 0 Å². The quantitative estimate of drug-likeness (QED) is 0.151. The molecule has 0 saturated heterocycles. The van der Waals surface area contributed by atoms with Gasteiger partial charge in [0, 0.05) is 27.8 Å². The van der Waals surface area contributed by atoms with E-state index in [4.69, 9.17) is 21.5 Å². The van der Waals surface area contributed by atoms with Crippen molar-refractivity contribution in [3.8, 4) is 73.2 Å². The van der Waals surface area contributed by atoms with Gasteiger partial charge in [-0.25, -0.2) is 19.8 Å². The van der Waals surface area contributed by atoms with Crippen molar-refractivity contribution in [3.63, 3.8) is 0 Å². The molecule has 0 fully saturated rings. The molecule has 0 radical (unpaired) electrons. The van der Waals surface area contributed by atoms with Gasteiger partial charge in [-0.2, -0.15) is 0 Å². The summed E-state index contributed by atoms with van der Waals surface area (Å²) in [6.45, 7) is 7.77. The smallest absolute Gasteiger partial charge is 0.188 e. The van der Waals surface area contributed by atoms with E-state index in [-0.39, 0.29) is 0 Å². The predicted octanol–water partition coefficient (Wildman–Crippen LogP) is 14.7. The minimum absolute atomic E-state index is 0.607. The fourth-order valence-corrected chi connectivity index (χ4v) is 8.49. The Morgan fingerprint density at radius 2 is 0.754 bits per heavy atom. The van der Waals surface area contributed by atoms with E-state index >= 15 is 0 Å². The van der Waals surface area contributed by atoms with E-state index in [1.807, 2.05) is 30.3 Å². The molecule has 0 aliphatic carbocycles. The van der Waals surface area contributed by atoms with Crippen molar-refractivity contribution < 1.29 is 0 Å². The Morgan fingerprint density at radius 3 is 1.33 bits per heavy atom. The number of hydrogen-bond acceptors (Lipinski definition) is 3. The highest BCUT2D eigenvalue weighted by molar-refractivity contribution is 6.13. The van der Waals surface area contributed by atoms with Crippen LogP contribution in [0.1, 0.15) is 0 Å². The number of nitrogens with zero attached hydrogens (tertiary/aromatic N) is 5. The molecular weight excluding hydrogens is 743 g/mol. The lowest BCUT2D eigenvalue weighted by atomic mass is 9.94. The van der Waals surface area contributed by atoms with Gasteiger partial charge in [-0.1, -0.05) is 170 Å². The average Bonchev–Trinajstić information content (AvgIpc) is 3.67. The molecule has 0 aliphatic rings. The number of fused-ring (bicyclic) bond motifs is 4. The number of aromatic nitrogens is 4. The Morgan fingerprint density at radius 1 is 0.328 bits per heavy atom. The first-order valence-corrected chi connectivity index (χ1v) is 20.3. The first-order valence-electron chi connectivity index (χ1n) is 20.3. The summed E-state index contributed by atoms with van der Waals surface area (Å²) in [5.41, 5.74) is 13.4. The first kappa shape index (κ1) is 35.7. The lowest BCUT2D eigenvalue weighted by molar-refractivity contribution is 1.08. The van der Waals surface area contributed by atoms with Crippen LogP contribution in [0.4, 0.5) is 5.69 Å². The summed E-state index contributed by atoms with van der Waals surface area (Å²) in [6, 6.07) is 73.5. The summed E-state index contributed by atoms with van der Waals surface area (Å²) in [5.74, 6) is 1.83. The summed E-state index contributed by atoms with van der Waals surface area (Å²) >= 11 is 0. The summed E-state index contributed by atoms with van der Waals surface area (Å²) in [6.07, 6.45) is 0. The first-order chi connectivity index (χ1) is 30.2. The van der Waals surface area contributed by atoms with Gasteiger partial charge in [0.05, 0.1) is 17.6 Å². The Labute approximate surface area is 353 Å². The maximum Gasteiger partial charge on any atom is 0.188 e. The zero-order valence-corrected chi connectivity index (χ0v) is 32.9. The molecule has 0 N–H and O–H groups in total. The monoisotopic (exact) mass is 777 g/mol. The van der Waals surface area contributed by atoms with E-state index < -0.39 is 0 Å². The molecule has 0 aliphatic heterocycles. The number of rotatable bonds is 7. The maximum atomic E-state index is 7.77. The molecular formula is C56H35N5. The second kappa shape index (κ2) is 15.0. The third-order valence-electron chi connectivity index (χ3n) is 11.5. The van der Waals surface area contributed by atoms with Gasteiger partial charge in [-0.05, 0) is 92.0 Å². The second-order valence-corrected chi connectivity index (χ2v) is 15.1. The molecule has 11 aromatic rings. The van der Waals surface area contributed by atoms with Gasteiger partial charge >= 0.3 is 0 Å². The fraction of sp³-hybridized carbons (Fsp3) is 0. The van der Waals surface area contributed by atoms with Crippen molar-refractivity contribution in [1.29, 1.82) is 0 Å². The minimum atomic E-state index is 0.607. The molecule has 61 heavy (non-hydrogen) atoms. The molecule has 284 valence electrons. The Kier molecular flexibility index (Phi) is 8.80. The van der Waals surface area contributed by atoms with Crippen LogP contribution in [-0.4, -0.2) is 19.5 Å². The van der Waals surface area contributed by atoms with E-state index in [1.54, 1.807) is 0 Å². The predicted molar refractivity (Wildman–Crippen MR) is 251 cm³/mol. The Hall–Kier alpha value is -8.46. The Bertz CT molecular complexity index is 3340. The summed E-state index contributed by atoms with van der Waals surface area (Å²) < 4.78 is 2.28. The van der Waals surface area contributed by atoms with Crippen molar-refractivity contribution in [2.45, 2.75) is 0 Å². The van der Waals surface area contributed by atoms with Crippen LogP contribution < -0.4 is 0 Å². The molecule has 2 aromatic heterocycles. The van der Waals surface area contributed by atoms with Gasteiger partial charge in [0.2, 0.25) is 0 Å². The van der Waals surface area contributed by atoms with Crippen LogP contribution in [0, 0.1) is 6.57 Å². The topological polar surface area (TPSA) is 48.0 Å². The van der Waals surface area contributed by atoms with Gasteiger partial charge in [-0.15, -0.1) is 0 Å². The summed E-state index contributed by atoms with van der Waals surface area (Å²) in [4.78, 5) is 19.3. The van der Waals surface area contributed by atoms with Crippen LogP contribution in [0.3, 0.4) is 0 Å². The molecule has 9 aromatic carbocycles. The SMILES string of the molecule is [C-]#[N+]c1ccc2c(c1)c1cc(-c3ccc(-c4nc(-c5ccc(-c6ccccc6)cc5)nc(-c5ccc(-c6ccccc6)cc5)n4)c4ccccc34)ccc1n2-c1ccccc1. The average molecular weight is 778 g/mol. The van der Waals surface area contributed by atoms with Crippen molar-refractivity contribution >= 4 is 38.3 Å². The van der Waals surface area contributed by atoms with Gasteiger partial charge in [0.1, 0.15) is 0 Å². The van der Waals surface area contributed by atoms with Crippen molar-refractivity contribution in [2.75, 3.05) is 0 Å². The molecule has 11 rings (SSSR count). The van der Waals surface area contributed by atoms with Crippen LogP contribution in [0.5, 0.6) is 0 Å². The van der Waals surface area contributed by atoms with E-state index in [0.29, 0.717) is 23.2 Å². The molecule has 0 unspecified atom stereocenters. The molecule has 0 amide bonds. The molecule has 0 spiro atoms. The summed E-state index contributed by atoms with van der Waals surface area (Å²) in [5, 5.41) is 4.28. The molecule has 2 heterocycles. The van der Waals surface area contributed by atoms with Gasteiger partial charge in [0.25, 0.3) is 0 Å². The maximum absolute atomic E-state index is 7.77. The van der Waals surface area contributed by atoms with Crippen molar-refractivity contribution in [2.24, 2.45) is 0 Å². The number of hydrogen-bond donors (Lipinski definition) is 0. The van der Waals surface area contributed by atoms with E-state index in [2.05, 4.69) is 191 Å². The lowest BCUT2D eigenvalue weighted by Crippen LogP contribution is -2.01. The minimum Gasteiger partial charge on any atom is -0.309 e. The zero-order chi connectivity index (χ0) is 40.7. The molecule has 0 atom stereocenters. The van der Waals surface area contributed by atoms with Gasteiger partial charge in [0.15, 0.2) is 23.2 Å². The highest BCUT2D eigenvalue weighted by Crippen LogP contribution is 2.40. The standard InChI is InChI=1S/C56H35N5/c1-57-44-30-34-53-51(36-44)50-35-43(29-33-52(50)61(53)45-17-9-4-10-18-45)46-31-32-49(48-20-12-11-19-47(46)48)56-59-54(41-25-21-39(22-26-41)37-13-5-2-6-14-37)58-55(60-56)42-27-23-40(24-28-42)38-15-7-3-8-16-38/h2-36H. The Balaban J connectivity index is 1.06. The summed E-state index contributed by atoms with van der Waals surface area (Å²) in [7, 11) is 0. The lowest BCUT2D eigenvalue weighted by Gasteiger charge is -2.14. The molecule has 0 saturated carbocycles. The van der Waals surface area contributed by atoms with E-state index in [0.717, 1.165) is 88.3 Å². The zero-order valence-electron chi connectivity index (χ0n) is 32.9. The highest BCUT2D eigenvalue weighted by Gasteiger charge is 2.19. The number of para-hydroxylation sites is 1. The fourth-order valence-electron chi connectivity index (χ4n) is 8.49. The van der Waals surface area contributed by atoms with E-state index in [1.165, 1.54) is 0 Å². The van der Waals surface area contributed by atoms with Gasteiger partial charge < -0.3 is 4.57 Å². The normalized spacial score (nSPS) is 11.3. The van der Waals surface area contributed by atoms with Crippen LogP contribution in [0.25, 0.3) is 111 Å². The van der Waals surface area contributed by atoms with E-state index in [9.17, 15) is 0 Å².